The number of hydrogen-bond acceptors (Lipinski definition) is 3. The van der Waals surface area contributed by atoms with Crippen molar-refractivity contribution in [2.75, 3.05) is 0 Å². The number of nitrogens with zero attached hydrogens (tertiary/aromatic N) is 2. The number of aliphatic hydroxyl groups is 1. The lowest BCUT2D eigenvalue weighted by Gasteiger charge is -2.12. The largest absolute Gasteiger partial charge is 0.487 e. The first kappa shape index (κ1) is 13.6. The highest BCUT2D eigenvalue weighted by Crippen LogP contribution is 2.25. The Labute approximate surface area is 123 Å². The maximum atomic E-state index is 9.42. The van der Waals surface area contributed by atoms with Crippen LogP contribution < -0.4 is 4.74 Å². The normalized spacial score (nSPS) is 11.0. The van der Waals surface area contributed by atoms with Gasteiger partial charge < -0.3 is 9.84 Å². The zero-order chi connectivity index (χ0) is 14.8. The van der Waals surface area contributed by atoms with Crippen LogP contribution in [0.15, 0.2) is 42.5 Å². The third-order valence-electron chi connectivity index (χ3n) is 3.65. The van der Waals surface area contributed by atoms with Gasteiger partial charge in [-0.05, 0) is 18.6 Å². The van der Waals surface area contributed by atoms with E-state index in [0.29, 0.717) is 6.61 Å². The fraction of sp³-hybridized carbons (Fsp3) is 0.235. The summed E-state index contributed by atoms with van der Waals surface area (Å²) in [5.74, 6) is 0.745. The molecule has 0 bridgehead atoms. The van der Waals surface area contributed by atoms with Crippen LogP contribution in [-0.2, 0) is 20.3 Å². The highest BCUT2D eigenvalue weighted by molar-refractivity contribution is 5.81. The minimum absolute atomic E-state index is 0.0278. The van der Waals surface area contributed by atoms with Gasteiger partial charge in [-0.1, -0.05) is 36.4 Å². The van der Waals surface area contributed by atoms with E-state index in [2.05, 4.69) is 5.10 Å². The summed E-state index contributed by atoms with van der Waals surface area (Å²) in [6.45, 7) is 2.34. The van der Waals surface area contributed by atoms with Crippen LogP contribution in [0.1, 0.15) is 16.8 Å². The second-order valence-electron chi connectivity index (χ2n) is 5.10. The molecule has 3 aromatic rings. The molecule has 1 N–H and O–H groups in total. The van der Waals surface area contributed by atoms with Crippen LogP contribution in [-0.4, -0.2) is 14.9 Å². The van der Waals surface area contributed by atoms with E-state index in [0.717, 1.165) is 33.5 Å². The molecule has 0 fully saturated rings. The lowest BCUT2D eigenvalue weighted by Crippen LogP contribution is -2.02. The zero-order valence-corrected chi connectivity index (χ0v) is 12.2. The standard InChI is InChI=1S/C17H18N2O2/c1-12-6-5-7-13(10-20)17(12)21-11-15-14-8-3-4-9-16(14)19(2)18-15/h3-9,20H,10-11H2,1-2H3. The summed E-state index contributed by atoms with van der Waals surface area (Å²) in [4.78, 5) is 0. The van der Waals surface area contributed by atoms with Crippen molar-refractivity contribution in [1.29, 1.82) is 0 Å². The fourth-order valence-electron chi connectivity index (χ4n) is 2.58. The van der Waals surface area contributed by atoms with Crippen LogP contribution in [0.4, 0.5) is 0 Å². The van der Waals surface area contributed by atoms with E-state index in [1.54, 1.807) is 0 Å². The van der Waals surface area contributed by atoms with Gasteiger partial charge >= 0.3 is 0 Å². The molecule has 0 atom stereocenters. The molecule has 0 unspecified atom stereocenters. The van der Waals surface area contributed by atoms with Crippen molar-refractivity contribution in [2.24, 2.45) is 7.05 Å². The van der Waals surface area contributed by atoms with Gasteiger partial charge in [0.05, 0.1) is 12.1 Å². The van der Waals surface area contributed by atoms with Gasteiger partial charge in [-0.25, -0.2) is 0 Å². The highest BCUT2D eigenvalue weighted by Gasteiger charge is 2.11. The van der Waals surface area contributed by atoms with Gasteiger partial charge in [0.25, 0.3) is 0 Å². The molecule has 1 aromatic heterocycles. The first-order valence-corrected chi connectivity index (χ1v) is 6.93. The van der Waals surface area contributed by atoms with E-state index in [4.69, 9.17) is 4.74 Å². The van der Waals surface area contributed by atoms with Crippen LogP contribution in [0, 0.1) is 6.92 Å². The summed E-state index contributed by atoms with van der Waals surface area (Å²) < 4.78 is 7.79. The van der Waals surface area contributed by atoms with Gasteiger partial charge in [-0.3, -0.25) is 4.68 Å². The van der Waals surface area contributed by atoms with E-state index < -0.39 is 0 Å². The van der Waals surface area contributed by atoms with Crippen molar-refractivity contribution in [2.45, 2.75) is 20.1 Å². The molecule has 2 aromatic carbocycles. The molecule has 0 saturated carbocycles. The first-order chi connectivity index (χ1) is 10.2. The Bertz CT molecular complexity index is 778. The second kappa shape index (κ2) is 5.58. The maximum absolute atomic E-state index is 9.42. The molecule has 0 saturated heterocycles. The maximum Gasteiger partial charge on any atom is 0.133 e. The molecule has 0 amide bonds. The summed E-state index contributed by atoms with van der Waals surface area (Å²) >= 11 is 0. The molecule has 0 spiro atoms. The van der Waals surface area contributed by atoms with Gasteiger partial charge in [-0.15, -0.1) is 0 Å². The Morgan fingerprint density at radius 2 is 1.95 bits per heavy atom. The number of hydrogen-bond donors (Lipinski definition) is 1. The van der Waals surface area contributed by atoms with Crippen molar-refractivity contribution >= 4 is 10.9 Å². The monoisotopic (exact) mass is 282 g/mol. The Morgan fingerprint density at radius 3 is 2.76 bits per heavy atom. The smallest absolute Gasteiger partial charge is 0.133 e. The number of benzene rings is 2. The summed E-state index contributed by atoms with van der Waals surface area (Å²) in [5.41, 5.74) is 3.81. The van der Waals surface area contributed by atoms with Crippen LogP contribution >= 0.6 is 0 Å². The summed E-state index contributed by atoms with van der Waals surface area (Å²) in [5, 5.41) is 15.0. The highest BCUT2D eigenvalue weighted by atomic mass is 16.5. The molecule has 0 aliphatic rings. The summed E-state index contributed by atoms with van der Waals surface area (Å²) in [7, 11) is 1.93. The van der Waals surface area contributed by atoms with Gasteiger partial charge in [0.2, 0.25) is 0 Å². The number of ether oxygens (including phenoxy) is 1. The van der Waals surface area contributed by atoms with Gasteiger partial charge in [0, 0.05) is 18.0 Å². The lowest BCUT2D eigenvalue weighted by molar-refractivity contribution is 0.256. The Hall–Kier alpha value is -2.33. The predicted molar refractivity (Wildman–Crippen MR) is 82.1 cm³/mol. The van der Waals surface area contributed by atoms with Crippen molar-refractivity contribution in [3.63, 3.8) is 0 Å². The molecule has 1 heterocycles. The van der Waals surface area contributed by atoms with E-state index >= 15 is 0 Å². The van der Waals surface area contributed by atoms with E-state index in [1.165, 1.54) is 0 Å². The zero-order valence-electron chi connectivity index (χ0n) is 12.2. The summed E-state index contributed by atoms with van der Waals surface area (Å²) in [6, 6.07) is 13.9. The van der Waals surface area contributed by atoms with E-state index in [9.17, 15) is 5.11 Å². The Balaban J connectivity index is 1.91. The van der Waals surface area contributed by atoms with Crippen molar-refractivity contribution in [3.05, 3.63) is 59.3 Å². The second-order valence-corrected chi connectivity index (χ2v) is 5.10. The van der Waals surface area contributed by atoms with Crippen LogP contribution in [0.25, 0.3) is 10.9 Å². The fourth-order valence-corrected chi connectivity index (χ4v) is 2.58. The van der Waals surface area contributed by atoms with Crippen molar-refractivity contribution in [1.82, 2.24) is 9.78 Å². The molecule has 3 rings (SSSR count). The minimum Gasteiger partial charge on any atom is -0.487 e. The van der Waals surface area contributed by atoms with Gasteiger partial charge in [-0.2, -0.15) is 5.10 Å². The molecule has 4 heteroatoms. The molecule has 4 nitrogen and oxygen atoms in total. The minimum atomic E-state index is -0.0278. The topological polar surface area (TPSA) is 47.3 Å². The molecule has 0 aliphatic carbocycles. The molecule has 0 radical (unpaired) electrons. The molecular weight excluding hydrogens is 264 g/mol. The number of para-hydroxylation sites is 2. The average Bonchev–Trinajstić information content (AvgIpc) is 2.83. The number of aryl methyl sites for hydroxylation is 2. The lowest BCUT2D eigenvalue weighted by atomic mass is 10.1. The molecule has 0 aliphatic heterocycles. The third kappa shape index (κ3) is 2.50. The molecular formula is C17H18N2O2. The summed E-state index contributed by atoms with van der Waals surface area (Å²) in [6.07, 6.45) is 0. The number of aromatic nitrogens is 2. The van der Waals surface area contributed by atoms with Crippen LogP contribution in [0.5, 0.6) is 5.75 Å². The van der Waals surface area contributed by atoms with Crippen molar-refractivity contribution in [3.8, 4) is 5.75 Å². The average molecular weight is 282 g/mol. The molecule has 21 heavy (non-hydrogen) atoms. The van der Waals surface area contributed by atoms with Crippen LogP contribution in [0.3, 0.4) is 0 Å². The Kier molecular flexibility index (Phi) is 3.62. The number of aliphatic hydroxyl groups excluding tert-OH is 1. The molecule has 108 valence electrons. The predicted octanol–water partition coefficient (Wildman–Crippen LogP) is 2.95. The van der Waals surface area contributed by atoms with Crippen molar-refractivity contribution < 1.29 is 9.84 Å². The Morgan fingerprint density at radius 1 is 1.14 bits per heavy atom. The number of fused-ring (bicyclic) bond motifs is 1. The number of rotatable bonds is 4. The van der Waals surface area contributed by atoms with Gasteiger partial charge in [0.15, 0.2) is 0 Å². The van der Waals surface area contributed by atoms with E-state index in [-0.39, 0.29) is 6.61 Å². The van der Waals surface area contributed by atoms with E-state index in [1.807, 2.05) is 61.1 Å². The SMILES string of the molecule is Cc1cccc(CO)c1OCc1nn(C)c2ccccc12. The third-order valence-corrected chi connectivity index (χ3v) is 3.65. The quantitative estimate of drug-likeness (QED) is 0.800. The van der Waals surface area contributed by atoms with Crippen LogP contribution in [0.2, 0.25) is 0 Å². The first-order valence-electron chi connectivity index (χ1n) is 6.93. The van der Waals surface area contributed by atoms with Gasteiger partial charge in [0.1, 0.15) is 18.1 Å².